The maximum Gasteiger partial charge on any atom is 0.421 e. The molecule has 0 aromatic heterocycles. The van der Waals surface area contributed by atoms with E-state index in [1.54, 1.807) is 31.8 Å². The van der Waals surface area contributed by atoms with Crippen LogP contribution in [0.4, 0.5) is 16.2 Å². The molecule has 3 aromatic rings. The summed E-state index contributed by atoms with van der Waals surface area (Å²) in [6, 6.07) is 24.6. The molecule has 196 valence electrons. The van der Waals surface area contributed by atoms with Crippen LogP contribution in [0, 0.1) is 11.3 Å². The number of hydrogen-bond donors (Lipinski definition) is 0. The monoisotopic (exact) mass is 529 g/mol. The molecule has 0 fully saturated rings. The smallest absolute Gasteiger partial charge is 0.421 e. The van der Waals surface area contributed by atoms with E-state index in [1.807, 2.05) is 72.8 Å². The third kappa shape index (κ3) is 3.99. The van der Waals surface area contributed by atoms with Crippen LogP contribution in [0.15, 0.2) is 84.0 Å². The van der Waals surface area contributed by atoms with Gasteiger partial charge in [-0.15, -0.1) is 0 Å². The Morgan fingerprint density at radius 1 is 0.895 bits per heavy atom. The van der Waals surface area contributed by atoms with Gasteiger partial charge in [0.15, 0.2) is 5.54 Å². The second-order valence-electron chi connectivity index (χ2n) is 11.8. The Hall–Kier alpha value is -3.64. The molecular formula is C31H32ClN3O3. The average Bonchev–Trinajstić information content (AvgIpc) is 3.33. The van der Waals surface area contributed by atoms with Gasteiger partial charge in [0.1, 0.15) is 5.60 Å². The number of imide groups is 1. The fraction of sp³-hybridized carbons (Fsp3) is 0.323. The fourth-order valence-corrected chi connectivity index (χ4v) is 5.90. The van der Waals surface area contributed by atoms with Crippen molar-refractivity contribution >= 4 is 40.7 Å². The summed E-state index contributed by atoms with van der Waals surface area (Å²) in [4.78, 5) is 29.7. The number of benzene rings is 3. The Morgan fingerprint density at radius 3 is 2.13 bits per heavy atom. The van der Waals surface area contributed by atoms with Crippen molar-refractivity contribution in [2.45, 2.75) is 52.7 Å². The van der Waals surface area contributed by atoms with Crippen LogP contribution >= 0.6 is 11.6 Å². The molecule has 1 spiro atoms. The summed E-state index contributed by atoms with van der Waals surface area (Å²) in [5.74, 6) is -0.862. The predicted molar refractivity (Wildman–Crippen MR) is 152 cm³/mol. The van der Waals surface area contributed by atoms with E-state index in [-0.39, 0.29) is 0 Å². The number of para-hydroxylation sites is 2. The summed E-state index contributed by atoms with van der Waals surface area (Å²) in [6.07, 6.45) is -0.710. The second-order valence-corrected chi connectivity index (χ2v) is 12.2. The standard InChI is InChI=1S/C31H32ClN3O3/c1-29(2,3)26-25(21-16-10-12-18-23(21)32)33-35(20-14-8-7-9-15-20)31(26)22-17-11-13-19-24(22)34(27(31)36)28(37)38-30(4,5)6/h7-19,26H,1-6H3/t26-,31+/m0/s1. The van der Waals surface area contributed by atoms with E-state index in [9.17, 15) is 9.59 Å². The van der Waals surface area contributed by atoms with E-state index in [2.05, 4.69) is 20.8 Å². The van der Waals surface area contributed by atoms with Gasteiger partial charge < -0.3 is 4.74 Å². The molecule has 0 saturated heterocycles. The molecule has 0 N–H and O–H groups in total. The van der Waals surface area contributed by atoms with Gasteiger partial charge in [0.25, 0.3) is 5.91 Å². The SMILES string of the molecule is CC(C)(C)OC(=O)N1C(=O)[C@@]2(c3ccccc31)[C@H](C(C)(C)C)C(c1ccccc1Cl)=NN2c1ccccc1. The molecule has 3 aromatic carbocycles. The molecule has 2 heterocycles. The second kappa shape index (κ2) is 8.98. The van der Waals surface area contributed by atoms with Crippen LogP contribution in [0.5, 0.6) is 0 Å². The van der Waals surface area contributed by atoms with Gasteiger partial charge in [0.05, 0.1) is 17.1 Å². The molecule has 5 rings (SSSR count). The summed E-state index contributed by atoms with van der Waals surface area (Å²) < 4.78 is 5.73. The van der Waals surface area contributed by atoms with Gasteiger partial charge in [0.2, 0.25) is 0 Å². The highest BCUT2D eigenvalue weighted by Gasteiger charge is 2.68. The molecule has 2 aliphatic rings. The summed E-state index contributed by atoms with van der Waals surface area (Å²) in [5, 5.41) is 7.49. The minimum atomic E-state index is -1.35. The minimum Gasteiger partial charge on any atom is -0.443 e. The van der Waals surface area contributed by atoms with Gasteiger partial charge >= 0.3 is 6.09 Å². The number of ether oxygens (including phenoxy) is 1. The Kier molecular flexibility index (Phi) is 6.14. The van der Waals surface area contributed by atoms with Gasteiger partial charge in [-0.05, 0) is 50.5 Å². The molecule has 6 nitrogen and oxygen atoms in total. The Bertz CT molecular complexity index is 1440. The van der Waals surface area contributed by atoms with E-state index in [1.165, 1.54) is 4.90 Å². The molecular weight excluding hydrogens is 498 g/mol. The number of fused-ring (bicyclic) bond motifs is 2. The number of amides is 2. The van der Waals surface area contributed by atoms with Gasteiger partial charge in [0, 0.05) is 22.1 Å². The van der Waals surface area contributed by atoms with Crippen molar-refractivity contribution in [3.63, 3.8) is 0 Å². The molecule has 0 saturated carbocycles. The predicted octanol–water partition coefficient (Wildman–Crippen LogP) is 7.40. The van der Waals surface area contributed by atoms with Gasteiger partial charge in [-0.3, -0.25) is 4.79 Å². The highest BCUT2D eigenvalue weighted by atomic mass is 35.5. The van der Waals surface area contributed by atoms with Crippen LogP contribution in [0.2, 0.25) is 5.02 Å². The normalized spacial score (nSPS) is 21.1. The largest absolute Gasteiger partial charge is 0.443 e. The molecule has 0 aliphatic carbocycles. The minimum absolute atomic E-state index is 0.400. The number of halogens is 1. The Balaban J connectivity index is 1.83. The molecule has 7 heteroatoms. The highest BCUT2D eigenvalue weighted by Crippen LogP contribution is 2.58. The van der Waals surface area contributed by atoms with Crippen LogP contribution < -0.4 is 9.91 Å². The molecule has 0 bridgehead atoms. The first-order chi connectivity index (χ1) is 17.9. The zero-order chi connectivity index (χ0) is 27.5. The summed E-state index contributed by atoms with van der Waals surface area (Å²) in [7, 11) is 0. The zero-order valence-electron chi connectivity index (χ0n) is 22.5. The van der Waals surface area contributed by atoms with Crippen LogP contribution in [0.1, 0.15) is 52.7 Å². The van der Waals surface area contributed by atoms with Crippen molar-refractivity contribution in [1.29, 1.82) is 0 Å². The van der Waals surface area contributed by atoms with Crippen molar-refractivity contribution in [3.05, 3.63) is 95.0 Å². The molecule has 38 heavy (non-hydrogen) atoms. The third-order valence-corrected chi connectivity index (χ3v) is 7.24. The van der Waals surface area contributed by atoms with Crippen LogP contribution in [-0.4, -0.2) is 23.3 Å². The maximum absolute atomic E-state index is 14.9. The van der Waals surface area contributed by atoms with Crippen molar-refractivity contribution in [2.24, 2.45) is 16.4 Å². The molecule has 2 amide bonds. The first-order valence-corrected chi connectivity index (χ1v) is 13.1. The molecule has 2 atom stereocenters. The Morgan fingerprint density at radius 2 is 1.50 bits per heavy atom. The lowest BCUT2D eigenvalue weighted by atomic mass is 9.63. The topological polar surface area (TPSA) is 62.2 Å². The summed E-state index contributed by atoms with van der Waals surface area (Å²) in [6.45, 7) is 11.6. The number of nitrogens with zero attached hydrogens (tertiary/aromatic N) is 3. The average molecular weight is 530 g/mol. The molecule has 0 unspecified atom stereocenters. The number of carbonyl (C=O) groups excluding carboxylic acids is 2. The van der Waals surface area contributed by atoms with Crippen molar-refractivity contribution in [2.75, 3.05) is 9.91 Å². The molecule has 0 radical (unpaired) electrons. The number of rotatable bonds is 2. The first-order valence-electron chi connectivity index (χ1n) is 12.7. The van der Waals surface area contributed by atoms with E-state index in [0.29, 0.717) is 22.0 Å². The number of hydrazone groups is 1. The summed E-state index contributed by atoms with van der Waals surface area (Å²) in [5.41, 5.74) is 0.796. The lowest BCUT2D eigenvalue weighted by molar-refractivity contribution is -0.125. The third-order valence-electron chi connectivity index (χ3n) is 6.91. The van der Waals surface area contributed by atoms with Gasteiger partial charge in [-0.2, -0.15) is 5.10 Å². The van der Waals surface area contributed by atoms with Gasteiger partial charge in [-0.25, -0.2) is 14.7 Å². The maximum atomic E-state index is 14.9. The summed E-state index contributed by atoms with van der Waals surface area (Å²) >= 11 is 6.73. The van der Waals surface area contributed by atoms with Crippen molar-refractivity contribution in [3.8, 4) is 0 Å². The highest BCUT2D eigenvalue weighted by molar-refractivity contribution is 6.35. The number of carbonyl (C=O) groups is 2. The lowest BCUT2D eigenvalue weighted by Crippen LogP contribution is -2.58. The molecule has 2 aliphatic heterocycles. The Labute approximate surface area is 228 Å². The van der Waals surface area contributed by atoms with E-state index >= 15 is 0 Å². The van der Waals surface area contributed by atoms with Crippen LogP contribution in [-0.2, 0) is 15.1 Å². The van der Waals surface area contributed by atoms with E-state index in [4.69, 9.17) is 21.4 Å². The first kappa shape index (κ1) is 26.0. The lowest BCUT2D eigenvalue weighted by Gasteiger charge is -2.43. The van der Waals surface area contributed by atoms with Crippen LogP contribution in [0.25, 0.3) is 0 Å². The van der Waals surface area contributed by atoms with Gasteiger partial charge in [-0.1, -0.05) is 87.0 Å². The fourth-order valence-electron chi connectivity index (χ4n) is 5.67. The number of hydrogen-bond acceptors (Lipinski definition) is 5. The quantitative estimate of drug-likeness (QED) is 0.347. The van der Waals surface area contributed by atoms with Crippen molar-refractivity contribution in [1.82, 2.24) is 0 Å². The van der Waals surface area contributed by atoms with E-state index < -0.39 is 34.5 Å². The van der Waals surface area contributed by atoms with Crippen LogP contribution in [0.3, 0.4) is 0 Å². The van der Waals surface area contributed by atoms with E-state index in [0.717, 1.165) is 11.3 Å². The van der Waals surface area contributed by atoms with Crippen molar-refractivity contribution < 1.29 is 14.3 Å². The number of anilines is 2. The zero-order valence-corrected chi connectivity index (χ0v) is 23.3.